The van der Waals surface area contributed by atoms with Crippen molar-refractivity contribution in [2.24, 2.45) is 0 Å². The van der Waals surface area contributed by atoms with Gasteiger partial charge in [-0.25, -0.2) is 9.37 Å². The van der Waals surface area contributed by atoms with E-state index in [1.807, 2.05) is 29.2 Å². The molecule has 31 heavy (non-hydrogen) atoms. The van der Waals surface area contributed by atoms with Gasteiger partial charge in [0.25, 0.3) is 5.91 Å². The summed E-state index contributed by atoms with van der Waals surface area (Å²) in [5.74, 6) is -0.775. The van der Waals surface area contributed by atoms with Gasteiger partial charge >= 0.3 is 0 Å². The minimum atomic E-state index is -0.403. The molecule has 6 nitrogen and oxygen atoms in total. The Bertz CT molecular complexity index is 1080. The van der Waals surface area contributed by atoms with Gasteiger partial charge in [-0.05, 0) is 36.4 Å². The summed E-state index contributed by atoms with van der Waals surface area (Å²) in [7, 11) is 0. The third-order valence-corrected chi connectivity index (χ3v) is 6.16. The molecule has 0 spiro atoms. The lowest BCUT2D eigenvalue weighted by Gasteiger charge is -2.36. The molecule has 160 valence electrons. The molecular formula is C22H20ClFN4O2S. The lowest BCUT2D eigenvalue weighted by Crippen LogP contribution is -2.49. The van der Waals surface area contributed by atoms with Crippen LogP contribution in [0.5, 0.6) is 0 Å². The van der Waals surface area contributed by atoms with E-state index in [2.05, 4.69) is 15.2 Å². The van der Waals surface area contributed by atoms with Crippen molar-refractivity contribution in [1.29, 1.82) is 0 Å². The summed E-state index contributed by atoms with van der Waals surface area (Å²) in [5.41, 5.74) is 1.93. The smallest absolute Gasteiger partial charge is 0.257 e. The van der Waals surface area contributed by atoms with E-state index in [1.165, 1.54) is 35.6 Å². The van der Waals surface area contributed by atoms with Gasteiger partial charge in [0, 0.05) is 37.1 Å². The minimum absolute atomic E-state index is 0.000481. The number of nitrogens with one attached hydrogen (secondary N) is 1. The molecule has 9 heteroatoms. The molecule has 0 aliphatic carbocycles. The van der Waals surface area contributed by atoms with Crippen molar-refractivity contribution in [3.05, 3.63) is 76.0 Å². The number of benzene rings is 2. The Morgan fingerprint density at radius 1 is 1.06 bits per heavy atom. The first kappa shape index (κ1) is 21.3. The second kappa shape index (κ2) is 9.45. The van der Waals surface area contributed by atoms with E-state index in [0.29, 0.717) is 47.6 Å². The lowest BCUT2D eigenvalue weighted by molar-refractivity contribution is -0.130. The lowest BCUT2D eigenvalue weighted by atomic mass is 10.2. The summed E-state index contributed by atoms with van der Waals surface area (Å²) in [6.45, 7) is 2.65. The van der Waals surface area contributed by atoms with E-state index < -0.39 is 5.82 Å². The van der Waals surface area contributed by atoms with E-state index in [1.54, 1.807) is 5.38 Å². The standard InChI is InChI=1S/C22H20ClFN4O2S/c23-18-3-1-2-4-19(18)27-9-11-28(12-10-27)20(29)13-17-14-31-22(25-17)26-21(30)15-5-7-16(24)8-6-15/h1-8,14H,9-13H2,(H,25,26,30). The highest BCUT2D eigenvalue weighted by Gasteiger charge is 2.23. The largest absolute Gasteiger partial charge is 0.367 e. The molecule has 0 atom stereocenters. The van der Waals surface area contributed by atoms with Gasteiger partial charge in [-0.1, -0.05) is 23.7 Å². The van der Waals surface area contributed by atoms with Crippen LogP contribution in [-0.2, 0) is 11.2 Å². The fourth-order valence-corrected chi connectivity index (χ4v) is 4.35. The quantitative estimate of drug-likeness (QED) is 0.625. The Morgan fingerprint density at radius 3 is 2.48 bits per heavy atom. The highest BCUT2D eigenvalue weighted by atomic mass is 35.5. The summed E-state index contributed by atoms with van der Waals surface area (Å²) >= 11 is 7.53. The number of halogens is 2. The fraction of sp³-hybridized carbons (Fsp3) is 0.227. The van der Waals surface area contributed by atoms with E-state index in [9.17, 15) is 14.0 Å². The van der Waals surface area contributed by atoms with Crippen LogP contribution in [0.1, 0.15) is 16.1 Å². The Morgan fingerprint density at radius 2 is 1.77 bits per heavy atom. The van der Waals surface area contributed by atoms with Crippen LogP contribution in [0, 0.1) is 5.82 Å². The van der Waals surface area contributed by atoms with E-state index in [4.69, 9.17) is 11.6 Å². The SMILES string of the molecule is O=C(Nc1nc(CC(=O)N2CCN(c3ccccc3Cl)CC2)cs1)c1ccc(F)cc1. The zero-order valence-corrected chi connectivity index (χ0v) is 18.1. The molecule has 1 saturated heterocycles. The first-order valence-corrected chi connectivity index (χ1v) is 11.0. The molecule has 1 aliphatic rings. The number of hydrogen-bond acceptors (Lipinski definition) is 5. The maximum Gasteiger partial charge on any atom is 0.257 e. The van der Waals surface area contributed by atoms with E-state index >= 15 is 0 Å². The van der Waals surface area contributed by atoms with Gasteiger partial charge in [-0.2, -0.15) is 0 Å². The molecule has 2 aromatic carbocycles. The van der Waals surface area contributed by atoms with Gasteiger partial charge < -0.3 is 9.80 Å². The molecule has 4 rings (SSSR count). The molecular weight excluding hydrogens is 439 g/mol. The average molecular weight is 459 g/mol. The molecule has 0 saturated carbocycles. The predicted octanol–water partition coefficient (Wildman–Crippen LogP) is 4.08. The maximum absolute atomic E-state index is 13.0. The number of carbonyl (C=O) groups excluding carboxylic acids is 2. The number of hydrogen-bond donors (Lipinski definition) is 1. The van der Waals surface area contributed by atoms with E-state index in [-0.39, 0.29) is 18.2 Å². The van der Waals surface area contributed by atoms with Crippen molar-refractivity contribution in [3.8, 4) is 0 Å². The van der Waals surface area contributed by atoms with Crippen LogP contribution in [0.4, 0.5) is 15.2 Å². The molecule has 0 radical (unpaired) electrons. The average Bonchev–Trinajstić information content (AvgIpc) is 3.21. The summed E-state index contributed by atoms with van der Waals surface area (Å²) in [5, 5.41) is 5.56. The highest BCUT2D eigenvalue weighted by molar-refractivity contribution is 7.14. The van der Waals surface area contributed by atoms with Crippen molar-refractivity contribution < 1.29 is 14.0 Å². The third-order valence-electron chi connectivity index (χ3n) is 5.04. The van der Waals surface area contributed by atoms with Crippen LogP contribution in [0.25, 0.3) is 0 Å². The second-order valence-electron chi connectivity index (χ2n) is 7.10. The molecule has 0 bridgehead atoms. The Labute approximate surface area is 188 Å². The molecule has 0 unspecified atom stereocenters. The molecule has 1 fully saturated rings. The number of anilines is 2. The minimum Gasteiger partial charge on any atom is -0.367 e. The number of thiazole rings is 1. The van der Waals surface area contributed by atoms with Gasteiger partial charge in [0.2, 0.25) is 5.91 Å². The van der Waals surface area contributed by atoms with Crippen LogP contribution in [-0.4, -0.2) is 47.9 Å². The zero-order valence-electron chi connectivity index (χ0n) is 16.6. The monoisotopic (exact) mass is 458 g/mol. The number of carbonyl (C=O) groups is 2. The number of rotatable bonds is 5. The molecule has 1 aliphatic heterocycles. The van der Waals surface area contributed by atoms with Crippen LogP contribution < -0.4 is 10.2 Å². The third kappa shape index (κ3) is 5.21. The molecule has 1 aromatic heterocycles. The Kier molecular flexibility index (Phi) is 6.48. The summed E-state index contributed by atoms with van der Waals surface area (Å²) in [6.07, 6.45) is 0.176. The summed E-state index contributed by atoms with van der Waals surface area (Å²) < 4.78 is 13.0. The first-order valence-electron chi connectivity index (χ1n) is 9.78. The van der Waals surface area contributed by atoms with Gasteiger partial charge in [0.1, 0.15) is 5.82 Å². The fourth-order valence-electron chi connectivity index (χ4n) is 3.39. The summed E-state index contributed by atoms with van der Waals surface area (Å²) in [6, 6.07) is 13.0. The van der Waals surface area contributed by atoms with Crippen molar-refractivity contribution in [2.45, 2.75) is 6.42 Å². The van der Waals surface area contributed by atoms with Crippen molar-refractivity contribution in [2.75, 3.05) is 36.4 Å². The van der Waals surface area contributed by atoms with Gasteiger partial charge in [0.15, 0.2) is 5.13 Å². The highest BCUT2D eigenvalue weighted by Crippen LogP contribution is 2.26. The topological polar surface area (TPSA) is 65.5 Å². The molecule has 2 amide bonds. The molecule has 1 N–H and O–H groups in total. The first-order chi connectivity index (χ1) is 15.0. The van der Waals surface area contributed by atoms with Crippen LogP contribution in [0.15, 0.2) is 53.9 Å². The number of aromatic nitrogens is 1. The number of para-hydroxylation sites is 1. The second-order valence-corrected chi connectivity index (χ2v) is 8.37. The van der Waals surface area contributed by atoms with Crippen molar-refractivity contribution in [3.63, 3.8) is 0 Å². The predicted molar refractivity (Wildman–Crippen MR) is 120 cm³/mol. The van der Waals surface area contributed by atoms with Gasteiger partial charge in [0.05, 0.1) is 22.8 Å². The van der Waals surface area contributed by atoms with Gasteiger partial charge in [-0.15, -0.1) is 11.3 Å². The maximum atomic E-state index is 13.0. The zero-order chi connectivity index (χ0) is 21.8. The molecule has 2 heterocycles. The summed E-state index contributed by atoms with van der Waals surface area (Å²) in [4.78, 5) is 33.2. The van der Waals surface area contributed by atoms with Crippen LogP contribution in [0.2, 0.25) is 5.02 Å². The van der Waals surface area contributed by atoms with Gasteiger partial charge in [-0.3, -0.25) is 14.9 Å². The number of amides is 2. The van der Waals surface area contributed by atoms with Crippen molar-refractivity contribution >= 4 is 45.6 Å². The Hall–Kier alpha value is -2.97. The normalized spacial score (nSPS) is 13.9. The van der Waals surface area contributed by atoms with Crippen molar-refractivity contribution in [1.82, 2.24) is 9.88 Å². The number of piperazine rings is 1. The van der Waals surface area contributed by atoms with Crippen LogP contribution >= 0.6 is 22.9 Å². The number of nitrogens with zero attached hydrogens (tertiary/aromatic N) is 3. The molecule has 3 aromatic rings. The Balaban J connectivity index is 1.30. The van der Waals surface area contributed by atoms with Crippen LogP contribution in [0.3, 0.4) is 0 Å². The van der Waals surface area contributed by atoms with E-state index in [0.717, 1.165) is 5.69 Å².